The van der Waals surface area contributed by atoms with E-state index in [0.29, 0.717) is 0 Å². The topological polar surface area (TPSA) is 32.5 Å². The van der Waals surface area contributed by atoms with E-state index in [2.05, 4.69) is 28.0 Å². The van der Waals surface area contributed by atoms with E-state index >= 15 is 0 Å². The molecule has 2 aromatic rings. The summed E-state index contributed by atoms with van der Waals surface area (Å²) >= 11 is 7.65. The first-order valence-electron chi connectivity index (χ1n) is 6.78. The summed E-state index contributed by atoms with van der Waals surface area (Å²) in [6, 6.07) is 12.2. The molecule has 106 valence electrons. The molecule has 0 radical (unpaired) electrons. The third kappa shape index (κ3) is 3.26. The van der Waals surface area contributed by atoms with E-state index in [-0.39, 0.29) is 0 Å². The highest BCUT2D eigenvalue weighted by Gasteiger charge is 2.17. The highest BCUT2D eigenvalue weighted by molar-refractivity contribution is 7.16. The number of benzene rings is 1. The smallest absolute Gasteiger partial charge is 0.0931 e. The van der Waals surface area contributed by atoms with Gasteiger partial charge < -0.3 is 10.6 Å². The Morgan fingerprint density at radius 1 is 1.10 bits per heavy atom. The van der Waals surface area contributed by atoms with E-state index in [9.17, 15) is 0 Å². The van der Waals surface area contributed by atoms with Crippen molar-refractivity contribution in [1.29, 1.82) is 0 Å². The van der Waals surface area contributed by atoms with Crippen LogP contribution in [0.2, 0.25) is 4.34 Å². The standard InChI is InChI=1S/C15H18ClN3S/c16-15-5-4-14(20-15)11-18-6-8-19(9-7-18)13-3-1-2-12(17)10-13/h1-5,10H,6-9,11,17H2. The van der Waals surface area contributed by atoms with Gasteiger partial charge in [-0.15, -0.1) is 11.3 Å². The first-order valence-corrected chi connectivity index (χ1v) is 7.97. The van der Waals surface area contributed by atoms with Crippen LogP contribution in [-0.2, 0) is 6.54 Å². The zero-order valence-electron chi connectivity index (χ0n) is 11.3. The number of nitrogen functional groups attached to an aromatic ring is 1. The number of hydrogen-bond donors (Lipinski definition) is 1. The summed E-state index contributed by atoms with van der Waals surface area (Å²) in [6.45, 7) is 5.24. The highest BCUT2D eigenvalue weighted by atomic mass is 35.5. The molecule has 0 unspecified atom stereocenters. The van der Waals surface area contributed by atoms with Crippen LogP contribution in [0.3, 0.4) is 0 Å². The lowest BCUT2D eigenvalue weighted by Gasteiger charge is -2.36. The molecular formula is C15H18ClN3S. The van der Waals surface area contributed by atoms with Crippen molar-refractivity contribution in [2.75, 3.05) is 36.8 Å². The zero-order chi connectivity index (χ0) is 13.9. The second-order valence-electron chi connectivity index (χ2n) is 5.06. The van der Waals surface area contributed by atoms with Crippen molar-refractivity contribution in [3.8, 4) is 0 Å². The fraction of sp³-hybridized carbons (Fsp3) is 0.333. The molecule has 3 rings (SSSR count). The number of halogens is 1. The Bertz CT molecular complexity index is 576. The lowest BCUT2D eigenvalue weighted by atomic mass is 10.2. The average molecular weight is 308 g/mol. The summed E-state index contributed by atoms with van der Waals surface area (Å²) < 4.78 is 0.874. The number of nitrogens with zero attached hydrogens (tertiary/aromatic N) is 2. The van der Waals surface area contributed by atoms with Crippen LogP contribution in [0.4, 0.5) is 11.4 Å². The van der Waals surface area contributed by atoms with Crippen LogP contribution in [0.15, 0.2) is 36.4 Å². The number of thiophene rings is 1. The Labute approximate surface area is 128 Å². The van der Waals surface area contributed by atoms with E-state index in [1.54, 1.807) is 11.3 Å². The molecule has 1 aliphatic rings. The van der Waals surface area contributed by atoms with Gasteiger partial charge in [0.2, 0.25) is 0 Å². The van der Waals surface area contributed by atoms with Crippen molar-refractivity contribution in [1.82, 2.24) is 4.90 Å². The number of anilines is 2. The maximum absolute atomic E-state index is 5.98. The van der Waals surface area contributed by atoms with Crippen LogP contribution >= 0.6 is 22.9 Å². The quantitative estimate of drug-likeness (QED) is 0.883. The number of hydrogen-bond acceptors (Lipinski definition) is 4. The maximum atomic E-state index is 5.98. The first kappa shape index (κ1) is 13.7. The summed E-state index contributed by atoms with van der Waals surface area (Å²) in [4.78, 5) is 6.21. The van der Waals surface area contributed by atoms with Crippen molar-refractivity contribution in [2.45, 2.75) is 6.54 Å². The fourth-order valence-electron chi connectivity index (χ4n) is 2.54. The van der Waals surface area contributed by atoms with Gasteiger partial charge in [-0.25, -0.2) is 0 Å². The summed E-state index contributed by atoms with van der Waals surface area (Å²) in [5.41, 5.74) is 7.91. The Kier molecular flexibility index (Phi) is 4.15. The molecular weight excluding hydrogens is 290 g/mol. The molecule has 0 aliphatic carbocycles. The molecule has 0 saturated carbocycles. The van der Waals surface area contributed by atoms with Crippen molar-refractivity contribution in [3.63, 3.8) is 0 Å². The third-order valence-corrected chi connectivity index (χ3v) is 4.83. The Morgan fingerprint density at radius 3 is 2.55 bits per heavy atom. The van der Waals surface area contributed by atoms with E-state index < -0.39 is 0 Å². The van der Waals surface area contributed by atoms with Crippen molar-refractivity contribution in [3.05, 3.63) is 45.6 Å². The summed E-state index contributed by atoms with van der Waals surface area (Å²) in [7, 11) is 0. The van der Waals surface area contributed by atoms with Crippen LogP contribution in [0.25, 0.3) is 0 Å². The second-order valence-corrected chi connectivity index (χ2v) is 6.86. The minimum Gasteiger partial charge on any atom is -0.399 e. The molecule has 1 saturated heterocycles. The maximum Gasteiger partial charge on any atom is 0.0931 e. The molecule has 0 spiro atoms. The van der Waals surface area contributed by atoms with Crippen LogP contribution < -0.4 is 10.6 Å². The van der Waals surface area contributed by atoms with Gasteiger partial charge in [0.25, 0.3) is 0 Å². The van der Waals surface area contributed by atoms with Gasteiger partial charge in [0.05, 0.1) is 4.34 Å². The van der Waals surface area contributed by atoms with Gasteiger partial charge >= 0.3 is 0 Å². The molecule has 1 fully saturated rings. The van der Waals surface area contributed by atoms with E-state index in [4.69, 9.17) is 17.3 Å². The van der Waals surface area contributed by atoms with Gasteiger partial charge in [-0.1, -0.05) is 17.7 Å². The molecule has 1 aromatic heterocycles. The molecule has 0 amide bonds. The predicted octanol–water partition coefficient (Wildman–Crippen LogP) is 3.31. The molecule has 3 nitrogen and oxygen atoms in total. The largest absolute Gasteiger partial charge is 0.399 e. The first-order chi connectivity index (χ1) is 9.70. The average Bonchev–Trinajstić information content (AvgIpc) is 2.85. The SMILES string of the molecule is Nc1cccc(N2CCN(Cc3ccc(Cl)s3)CC2)c1. The van der Waals surface area contributed by atoms with Gasteiger partial charge in [-0.2, -0.15) is 0 Å². The number of rotatable bonds is 3. The number of piperazine rings is 1. The van der Waals surface area contributed by atoms with Gasteiger partial charge in [0.15, 0.2) is 0 Å². The van der Waals surface area contributed by atoms with E-state index in [1.807, 2.05) is 18.2 Å². The summed E-state index contributed by atoms with van der Waals surface area (Å²) in [6.07, 6.45) is 0. The molecule has 1 aromatic carbocycles. The van der Waals surface area contributed by atoms with E-state index in [0.717, 1.165) is 42.7 Å². The Balaban J connectivity index is 1.57. The third-order valence-electron chi connectivity index (χ3n) is 3.62. The molecule has 2 heterocycles. The molecule has 0 atom stereocenters. The van der Waals surface area contributed by atoms with Crippen molar-refractivity contribution in [2.24, 2.45) is 0 Å². The van der Waals surface area contributed by atoms with Crippen molar-refractivity contribution < 1.29 is 0 Å². The van der Waals surface area contributed by atoms with Gasteiger partial charge in [-0.3, -0.25) is 4.90 Å². The van der Waals surface area contributed by atoms with Crippen LogP contribution in [-0.4, -0.2) is 31.1 Å². The van der Waals surface area contributed by atoms with Crippen molar-refractivity contribution >= 4 is 34.3 Å². The fourth-order valence-corrected chi connectivity index (χ4v) is 3.67. The van der Waals surface area contributed by atoms with Crippen LogP contribution in [0, 0.1) is 0 Å². The molecule has 20 heavy (non-hydrogen) atoms. The predicted molar refractivity (Wildman–Crippen MR) is 87.7 cm³/mol. The monoisotopic (exact) mass is 307 g/mol. The lowest BCUT2D eigenvalue weighted by Crippen LogP contribution is -2.45. The summed E-state index contributed by atoms with van der Waals surface area (Å²) in [5.74, 6) is 0. The Hall–Kier alpha value is -1.23. The van der Waals surface area contributed by atoms with Gasteiger partial charge in [0, 0.05) is 49.0 Å². The Morgan fingerprint density at radius 2 is 1.90 bits per heavy atom. The highest BCUT2D eigenvalue weighted by Crippen LogP contribution is 2.24. The molecule has 0 bridgehead atoms. The second kappa shape index (κ2) is 6.04. The molecule has 2 N–H and O–H groups in total. The molecule has 1 aliphatic heterocycles. The van der Waals surface area contributed by atoms with Gasteiger partial charge in [0.1, 0.15) is 0 Å². The zero-order valence-corrected chi connectivity index (χ0v) is 12.8. The minimum atomic E-state index is 0.832. The lowest BCUT2D eigenvalue weighted by molar-refractivity contribution is 0.252. The summed E-state index contributed by atoms with van der Waals surface area (Å²) in [5, 5.41) is 0. The number of nitrogens with two attached hydrogens (primary N) is 1. The molecule has 5 heteroatoms. The normalized spacial score (nSPS) is 16.6. The van der Waals surface area contributed by atoms with Crippen LogP contribution in [0.1, 0.15) is 4.88 Å². The van der Waals surface area contributed by atoms with Crippen LogP contribution in [0.5, 0.6) is 0 Å². The van der Waals surface area contributed by atoms with Gasteiger partial charge in [-0.05, 0) is 30.3 Å². The van der Waals surface area contributed by atoms with E-state index in [1.165, 1.54) is 10.6 Å². The minimum absolute atomic E-state index is 0.832.